The third-order valence-corrected chi connectivity index (χ3v) is 9.44. The fourth-order valence-corrected chi connectivity index (χ4v) is 5.29. The van der Waals surface area contributed by atoms with Gasteiger partial charge in [-0.25, -0.2) is 9.69 Å². The third kappa shape index (κ3) is 13.8. The van der Waals surface area contributed by atoms with E-state index >= 15 is 0 Å². The fourth-order valence-electron chi connectivity index (χ4n) is 5.29. The zero-order chi connectivity index (χ0) is 45.3. The number of aliphatic hydroxyl groups excluding tert-OH is 1. The number of aryl methyl sites for hydroxylation is 4. The van der Waals surface area contributed by atoms with E-state index in [0.717, 1.165) is 11.4 Å². The molecule has 11 heteroatoms. The minimum absolute atomic E-state index is 0.0139. The van der Waals surface area contributed by atoms with E-state index in [1.54, 1.807) is 50.0 Å². The van der Waals surface area contributed by atoms with Crippen LogP contribution in [0.4, 0.5) is 0 Å². The Labute approximate surface area is 357 Å². The van der Waals surface area contributed by atoms with Gasteiger partial charge in [-0.1, -0.05) is 90.1 Å². The zero-order valence-corrected chi connectivity index (χ0v) is 38.4. The van der Waals surface area contributed by atoms with Crippen molar-refractivity contribution in [3.63, 3.8) is 0 Å². The summed E-state index contributed by atoms with van der Waals surface area (Å²) in [6.45, 7) is 49.3. The second-order valence-corrected chi connectivity index (χ2v) is 18.4. The van der Waals surface area contributed by atoms with Crippen LogP contribution in [0.5, 0.6) is 0 Å². The third-order valence-electron chi connectivity index (χ3n) is 8.93. The minimum Gasteiger partial charge on any atom is -0.517 e. The number of halogens is 1. The van der Waals surface area contributed by atoms with Gasteiger partial charge in [0.1, 0.15) is 5.76 Å². The molecule has 0 radical (unpaired) electrons. The van der Waals surface area contributed by atoms with Crippen LogP contribution in [0.25, 0.3) is 32.6 Å². The van der Waals surface area contributed by atoms with Crippen molar-refractivity contribution in [1.82, 2.24) is 19.6 Å². The van der Waals surface area contributed by atoms with Crippen molar-refractivity contribution in [2.75, 3.05) is 0 Å². The normalized spacial score (nSPS) is 12.6. The monoisotopic (exact) mass is 821 g/mol. The lowest BCUT2D eigenvalue weighted by molar-refractivity contribution is -0.145. The Hall–Kier alpha value is -5.58. The predicted molar refractivity (Wildman–Crippen MR) is 241 cm³/mol. The molecule has 0 aliphatic carbocycles. The molecular formula is C48H62ClN6O4+. The number of hydrogen-bond acceptors (Lipinski definition) is 6. The summed E-state index contributed by atoms with van der Waals surface area (Å²) in [5, 5.41) is 19.0. The molecule has 0 atom stereocenters. The zero-order valence-electron chi connectivity index (χ0n) is 37.6. The van der Waals surface area contributed by atoms with Crippen LogP contribution in [0.3, 0.4) is 0 Å². The molecule has 2 aromatic heterocycles. The first-order valence-electron chi connectivity index (χ1n) is 19.6. The van der Waals surface area contributed by atoms with Gasteiger partial charge in [0.25, 0.3) is 5.24 Å². The van der Waals surface area contributed by atoms with E-state index in [4.69, 9.17) is 29.5 Å². The van der Waals surface area contributed by atoms with Crippen LogP contribution >= 0.6 is 11.6 Å². The lowest BCUT2D eigenvalue weighted by atomic mass is 9.86. The van der Waals surface area contributed by atoms with Crippen molar-refractivity contribution in [3.8, 4) is 0 Å². The van der Waals surface area contributed by atoms with Crippen molar-refractivity contribution < 1.29 is 19.4 Å². The molecule has 4 rings (SSSR count). The van der Waals surface area contributed by atoms with E-state index in [1.165, 1.54) is 11.1 Å². The molecule has 2 heterocycles. The summed E-state index contributed by atoms with van der Waals surface area (Å²) >= 11 is 5.05. The predicted octanol–water partition coefficient (Wildman–Crippen LogP) is 12.3. The smallest absolute Gasteiger partial charge is 0.315 e. The molecule has 59 heavy (non-hydrogen) atoms. The Bertz CT molecular complexity index is 2230. The van der Waals surface area contributed by atoms with E-state index < -0.39 is 16.1 Å². The first kappa shape index (κ1) is 49.6. The summed E-state index contributed by atoms with van der Waals surface area (Å²) in [4.78, 5) is 30.2. The fraction of sp³-hybridized carbons (Fsp3) is 0.438. The Morgan fingerprint density at radius 2 is 1.07 bits per heavy atom. The van der Waals surface area contributed by atoms with E-state index in [2.05, 4.69) is 68.4 Å². The molecule has 314 valence electrons. The van der Waals surface area contributed by atoms with Crippen LogP contribution in [0.15, 0.2) is 60.7 Å². The number of aliphatic hydroxyl groups is 1. The molecule has 1 N–H and O–H groups in total. The number of aromatic nitrogens is 4. The van der Waals surface area contributed by atoms with Crippen molar-refractivity contribution in [3.05, 3.63) is 135 Å². The highest BCUT2D eigenvalue weighted by molar-refractivity contribution is 6.64. The number of rotatable bonds is 8. The standard InChI is InChI=1S/C24H31N3O2.C19H23N3O.C5H8ClO/c1-10-27-19(15-16(2)26-27)21(29-22(28)24(6,7)8)20(25-9)17-11-13-18(14-12-17)23(3,4)5;1-7-22-16(12-13(2)21-22)18(23)17(20-6)14-8-10-15(11-9-14)19(3,4)5;1-5(2,3)4(6)7/h11-15H,10H2,1-8H3;8-12,23H,7H2,1-5H3;1H2,2-3H3/q;;+1. The summed E-state index contributed by atoms with van der Waals surface area (Å²) in [6.07, 6.45) is 0. The first-order chi connectivity index (χ1) is 27.1. The van der Waals surface area contributed by atoms with Gasteiger partial charge in [-0.2, -0.15) is 10.2 Å². The molecule has 0 bridgehead atoms. The first-order valence-corrected chi connectivity index (χ1v) is 20.0. The van der Waals surface area contributed by atoms with Crippen LogP contribution < -0.4 is 0 Å². The van der Waals surface area contributed by atoms with E-state index in [0.29, 0.717) is 41.3 Å². The quantitative estimate of drug-likeness (QED) is 0.0821. The Morgan fingerprint density at radius 1 is 0.712 bits per heavy atom. The van der Waals surface area contributed by atoms with E-state index in [1.807, 2.05) is 82.3 Å². The van der Waals surface area contributed by atoms with Gasteiger partial charge in [0.2, 0.25) is 11.4 Å². The maximum atomic E-state index is 12.7. The van der Waals surface area contributed by atoms with Crippen molar-refractivity contribution >= 4 is 45.7 Å². The van der Waals surface area contributed by atoms with Gasteiger partial charge in [0.15, 0.2) is 11.2 Å². The van der Waals surface area contributed by atoms with Crippen LogP contribution in [-0.2, 0) is 38.2 Å². The van der Waals surface area contributed by atoms with Gasteiger partial charge >= 0.3 is 5.97 Å². The van der Waals surface area contributed by atoms with Gasteiger partial charge < -0.3 is 9.84 Å². The van der Waals surface area contributed by atoms with E-state index in [-0.39, 0.29) is 34.0 Å². The Morgan fingerprint density at radius 3 is 1.39 bits per heavy atom. The summed E-state index contributed by atoms with van der Waals surface area (Å²) in [6, 6.07) is 19.3. The molecule has 0 spiro atoms. The second-order valence-electron chi connectivity index (χ2n) is 18.0. The number of hydrogen-bond donors (Lipinski definition) is 1. The lowest BCUT2D eigenvalue weighted by Crippen LogP contribution is -2.23. The van der Waals surface area contributed by atoms with Crippen LogP contribution in [0, 0.1) is 44.7 Å². The molecule has 4 aromatic rings. The van der Waals surface area contributed by atoms with Crippen LogP contribution in [0.1, 0.15) is 135 Å². The summed E-state index contributed by atoms with van der Waals surface area (Å²) < 4.78 is 9.29. The van der Waals surface area contributed by atoms with Crippen molar-refractivity contribution in [2.45, 2.75) is 128 Å². The molecule has 0 saturated carbocycles. The molecule has 2 aromatic carbocycles. The average molecular weight is 823 g/mol. The number of carbonyl (C=O) groups is 2. The highest BCUT2D eigenvalue weighted by Gasteiger charge is 2.29. The number of ether oxygens (including phenoxy) is 1. The van der Waals surface area contributed by atoms with E-state index in [9.17, 15) is 14.7 Å². The van der Waals surface area contributed by atoms with Crippen LogP contribution in [0.2, 0.25) is 0 Å². The summed E-state index contributed by atoms with van der Waals surface area (Å²) in [7, 11) is 0. The molecule has 0 amide bonds. The maximum absolute atomic E-state index is 12.7. The van der Waals surface area contributed by atoms with Crippen molar-refractivity contribution in [2.24, 2.45) is 10.8 Å². The number of nitrogens with zero attached hydrogens (tertiary/aromatic N) is 6. The topological polar surface area (TPSA) is 108 Å². The molecule has 10 nitrogen and oxygen atoms in total. The molecule has 0 saturated heterocycles. The van der Waals surface area contributed by atoms with Crippen molar-refractivity contribution in [1.29, 1.82) is 0 Å². The second kappa shape index (κ2) is 19.9. The molecule has 0 unspecified atom stereocenters. The highest BCUT2D eigenvalue weighted by Crippen LogP contribution is 2.34. The van der Waals surface area contributed by atoms with Gasteiger partial charge in [-0.15, -0.1) is 0 Å². The molecule has 0 aliphatic rings. The van der Waals surface area contributed by atoms with Gasteiger partial charge in [0, 0.05) is 13.1 Å². The Kier molecular flexibility index (Phi) is 16.7. The average Bonchev–Trinajstić information content (AvgIpc) is 3.72. The molecule has 0 fully saturated rings. The Balaban J connectivity index is 0.000000356. The number of carbonyl (C=O) groups excluding carboxylic acids is 2. The molecular weight excluding hydrogens is 760 g/mol. The number of benzene rings is 2. The highest BCUT2D eigenvalue weighted by atomic mass is 35.5. The molecule has 0 aliphatic heterocycles. The number of esters is 1. The van der Waals surface area contributed by atoms with Gasteiger partial charge in [0.05, 0.1) is 48.3 Å². The lowest BCUT2D eigenvalue weighted by Gasteiger charge is -2.21. The van der Waals surface area contributed by atoms with Gasteiger partial charge in [-0.3, -0.25) is 19.0 Å². The van der Waals surface area contributed by atoms with Gasteiger partial charge in [-0.05, 0) is 119 Å². The summed E-state index contributed by atoms with van der Waals surface area (Å²) in [5.74, 6) is -0.154. The maximum Gasteiger partial charge on any atom is 0.315 e. The SMILES string of the molecule is [C-]#[N+]C(=C(O)c1cc(C)nn1CC)c1ccc(C(C)(C)C)cc1.[C-]#[N+]C(=C(OC(=O)C(C)(C)C)c1cc(C)nn1CC)c1ccc(C(C)(C)C)cc1.[CH2+]C(C)(C)C(=O)Cl. The van der Waals surface area contributed by atoms with Crippen LogP contribution in [-0.4, -0.2) is 35.9 Å². The largest absolute Gasteiger partial charge is 0.517 e. The summed E-state index contributed by atoms with van der Waals surface area (Å²) in [5.41, 5.74) is 5.94. The minimum atomic E-state index is -0.694.